The van der Waals surface area contributed by atoms with Crippen molar-refractivity contribution in [2.24, 2.45) is 13.0 Å². The molecule has 11 heteroatoms. The first kappa shape index (κ1) is 32.7. The lowest BCUT2D eigenvalue weighted by atomic mass is 10.0. The van der Waals surface area contributed by atoms with Crippen LogP contribution >= 0.6 is 0 Å². The Morgan fingerprint density at radius 2 is 1.76 bits per heavy atom. The molecule has 0 aliphatic rings. The van der Waals surface area contributed by atoms with Crippen LogP contribution in [0.1, 0.15) is 57.5 Å². The second-order valence-corrected chi connectivity index (χ2v) is 12.0. The highest BCUT2D eigenvalue weighted by Gasteiger charge is 2.31. The van der Waals surface area contributed by atoms with E-state index < -0.39 is 16.9 Å². The fourth-order valence-corrected chi connectivity index (χ4v) is 5.66. The van der Waals surface area contributed by atoms with Gasteiger partial charge >= 0.3 is 0 Å². The third-order valence-corrected chi connectivity index (χ3v) is 8.28. The maximum absolute atomic E-state index is 13.4. The SMILES string of the molecule is CC.CNC(=O)c1c(N(C=O)CC(C)C)nn(Cc2cccc3ccccc23)c1-c1nc(S(=O)N(C)C(C)C)cn1C. The van der Waals surface area contributed by atoms with Crippen LogP contribution in [0.4, 0.5) is 5.82 Å². The van der Waals surface area contributed by atoms with Crippen molar-refractivity contribution < 1.29 is 13.8 Å². The summed E-state index contributed by atoms with van der Waals surface area (Å²) in [5.74, 6) is 0.426. The average molecular weight is 594 g/mol. The Kier molecular flexibility index (Phi) is 11.2. The highest BCUT2D eigenvalue weighted by atomic mass is 32.2. The van der Waals surface area contributed by atoms with E-state index in [0.29, 0.717) is 36.0 Å². The second-order valence-electron chi connectivity index (χ2n) is 10.5. The van der Waals surface area contributed by atoms with Gasteiger partial charge in [-0.05, 0) is 36.1 Å². The number of carbonyl (C=O) groups excluding carboxylic acids is 2. The summed E-state index contributed by atoms with van der Waals surface area (Å²) in [7, 11) is 3.61. The number of imidazole rings is 1. The van der Waals surface area contributed by atoms with E-state index >= 15 is 0 Å². The third kappa shape index (κ3) is 6.79. The topological polar surface area (TPSA) is 105 Å². The largest absolute Gasteiger partial charge is 0.355 e. The van der Waals surface area contributed by atoms with E-state index in [1.54, 1.807) is 40.9 Å². The first-order chi connectivity index (χ1) is 20.1. The molecule has 2 aromatic carbocycles. The van der Waals surface area contributed by atoms with Gasteiger partial charge in [-0.15, -0.1) is 0 Å². The smallest absolute Gasteiger partial charge is 0.257 e. The highest BCUT2D eigenvalue weighted by molar-refractivity contribution is 7.82. The maximum atomic E-state index is 13.4. The molecule has 1 atom stereocenters. The van der Waals surface area contributed by atoms with Crippen molar-refractivity contribution in [3.05, 3.63) is 59.8 Å². The predicted molar refractivity (Wildman–Crippen MR) is 170 cm³/mol. The molecule has 4 rings (SSSR count). The molecule has 0 bridgehead atoms. The number of amides is 2. The number of anilines is 1. The van der Waals surface area contributed by atoms with Gasteiger partial charge in [0.1, 0.15) is 22.2 Å². The number of rotatable bonds is 11. The Morgan fingerprint density at radius 3 is 2.38 bits per heavy atom. The fourth-order valence-electron chi connectivity index (χ4n) is 4.57. The molecule has 2 heterocycles. The molecule has 0 radical (unpaired) electrons. The minimum Gasteiger partial charge on any atom is -0.355 e. The van der Waals surface area contributed by atoms with E-state index in [1.807, 2.05) is 77.9 Å². The van der Waals surface area contributed by atoms with Gasteiger partial charge in [0, 0.05) is 39.9 Å². The summed E-state index contributed by atoms with van der Waals surface area (Å²) >= 11 is 0. The van der Waals surface area contributed by atoms with Gasteiger partial charge in [0.2, 0.25) is 6.41 Å². The molecule has 0 spiro atoms. The van der Waals surface area contributed by atoms with Gasteiger partial charge in [0.05, 0.1) is 6.54 Å². The molecule has 2 amide bonds. The summed E-state index contributed by atoms with van der Waals surface area (Å²) in [6.45, 7) is 12.6. The molecule has 10 nitrogen and oxygen atoms in total. The minimum absolute atomic E-state index is 0.0356. The number of hydrogen-bond donors (Lipinski definition) is 1. The van der Waals surface area contributed by atoms with Crippen LogP contribution in [-0.4, -0.2) is 66.8 Å². The van der Waals surface area contributed by atoms with E-state index in [4.69, 9.17) is 10.1 Å². The van der Waals surface area contributed by atoms with Crippen LogP contribution in [0, 0.1) is 5.92 Å². The van der Waals surface area contributed by atoms with Crippen molar-refractivity contribution in [3.63, 3.8) is 0 Å². The molecule has 4 aromatic rings. The Hall–Kier alpha value is -3.83. The van der Waals surface area contributed by atoms with Crippen LogP contribution in [0.15, 0.2) is 53.7 Å². The van der Waals surface area contributed by atoms with Crippen LogP contribution in [-0.2, 0) is 29.4 Å². The normalized spacial score (nSPS) is 12.0. The van der Waals surface area contributed by atoms with Crippen LogP contribution in [0.5, 0.6) is 0 Å². The van der Waals surface area contributed by atoms with E-state index in [1.165, 1.54) is 4.90 Å². The molecule has 0 saturated heterocycles. The number of hydrogen-bond acceptors (Lipinski definition) is 5. The number of nitrogens with one attached hydrogen (secondary N) is 1. The molecule has 1 N–H and O–H groups in total. The van der Waals surface area contributed by atoms with E-state index in [-0.39, 0.29) is 23.3 Å². The van der Waals surface area contributed by atoms with Gasteiger partial charge in [0.25, 0.3) is 5.91 Å². The monoisotopic (exact) mass is 593 g/mol. The quantitative estimate of drug-likeness (QED) is 0.250. The summed E-state index contributed by atoms with van der Waals surface area (Å²) in [6, 6.07) is 14.2. The summed E-state index contributed by atoms with van der Waals surface area (Å²) in [5.41, 5.74) is 1.67. The Morgan fingerprint density at radius 1 is 1.10 bits per heavy atom. The van der Waals surface area contributed by atoms with Gasteiger partial charge in [-0.3, -0.25) is 19.2 Å². The number of nitrogens with zero attached hydrogens (tertiary/aromatic N) is 6. The third-order valence-electron chi connectivity index (χ3n) is 6.78. The molecule has 0 saturated carbocycles. The zero-order chi connectivity index (χ0) is 31.1. The molecule has 0 aliphatic heterocycles. The molecule has 1 unspecified atom stereocenters. The molecule has 42 heavy (non-hydrogen) atoms. The van der Waals surface area contributed by atoms with Crippen molar-refractivity contribution in [3.8, 4) is 11.5 Å². The fraction of sp³-hybridized carbons (Fsp3) is 0.419. The van der Waals surface area contributed by atoms with E-state index in [9.17, 15) is 13.8 Å². The van der Waals surface area contributed by atoms with Crippen molar-refractivity contribution in [2.75, 3.05) is 25.5 Å². The molecule has 2 aromatic heterocycles. The van der Waals surface area contributed by atoms with Gasteiger partial charge < -0.3 is 9.88 Å². The zero-order valence-corrected chi connectivity index (χ0v) is 26.9. The second kappa shape index (κ2) is 14.4. The first-order valence-corrected chi connectivity index (χ1v) is 15.4. The number of fused-ring (bicyclic) bond motifs is 1. The van der Waals surface area contributed by atoms with E-state index in [2.05, 4.69) is 11.4 Å². The molecular weight excluding hydrogens is 550 g/mol. The lowest BCUT2D eigenvalue weighted by molar-refractivity contribution is -0.107. The average Bonchev–Trinajstić information content (AvgIpc) is 3.55. The van der Waals surface area contributed by atoms with Gasteiger partial charge in [-0.25, -0.2) is 13.5 Å². The highest BCUT2D eigenvalue weighted by Crippen LogP contribution is 2.33. The molecule has 0 fully saturated rings. The van der Waals surface area contributed by atoms with Crippen LogP contribution < -0.4 is 10.2 Å². The van der Waals surface area contributed by atoms with Crippen molar-refractivity contribution in [1.29, 1.82) is 0 Å². The number of benzene rings is 2. The van der Waals surface area contributed by atoms with Crippen LogP contribution in [0.25, 0.3) is 22.3 Å². The number of aromatic nitrogens is 4. The van der Waals surface area contributed by atoms with Crippen molar-refractivity contribution in [2.45, 2.75) is 59.2 Å². The summed E-state index contributed by atoms with van der Waals surface area (Å²) in [5, 5.41) is 10.1. The van der Waals surface area contributed by atoms with E-state index in [0.717, 1.165) is 16.3 Å². The zero-order valence-electron chi connectivity index (χ0n) is 26.1. The van der Waals surface area contributed by atoms with Crippen LogP contribution in [0.2, 0.25) is 0 Å². The first-order valence-electron chi connectivity index (χ1n) is 14.3. The van der Waals surface area contributed by atoms with Crippen molar-refractivity contribution >= 4 is 39.9 Å². The molecular formula is C31H43N7O3S. The minimum atomic E-state index is -1.51. The van der Waals surface area contributed by atoms with Crippen LogP contribution in [0.3, 0.4) is 0 Å². The Bertz CT molecular complexity index is 1550. The Labute approximate surface area is 251 Å². The van der Waals surface area contributed by atoms with Gasteiger partial charge in [-0.1, -0.05) is 70.2 Å². The Balaban J connectivity index is 0.00000237. The molecule has 0 aliphatic carbocycles. The van der Waals surface area contributed by atoms with Gasteiger partial charge in [-0.2, -0.15) is 5.10 Å². The standard InChI is InChI=1S/C29H37N7O3S.C2H6/c1-19(2)15-35(18-37)27-25(29(38)30-5)26(28-31-24(17-33(28)6)40(39)34(7)20(3)4)36(32-27)16-22-13-10-12-21-11-8-9-14-23(21)22;1-2/h8-14,17-20H,15-16H2,1-7H3,(H,30,38);1-2H3. The summed E-state index contributed by atoms with van der Waals surface area (Å²) in [4.78, 5) is 31.9. The summed E-state index contributed by atoms with van der Waals surface area (Å²) in [6.07, 6.45) is 2.41. The lowest BCUT2D eigenvalue weighted by Crippen LogP contribution is -2.29. The summed E-state index contributed by atoms with van der Waals surface area (Å²) < 4.78 is 18.5. The lowest BCUT2D eigenvalue weighted by Gasteiger charge is -2.18. The number of aryl methyl sites for hydroxylation is 1. The predicted octanol–water partition coefficient (Wildman–Crippen LogP) is 4.85. The van der Waals surface area contributed by atoms with Crippen molar-refractivity contribution in [1.82, 2.24) is 29.0 Å². The maximum Gasteiger partial charge on any atom is 0.257 e. The van der Waals surface area contributed by atoms with Gasteiger partial charge in [0.15, 0.2) is 16.7 Å². The molecule has 226 valence electrons. The number of carbonyl (C=O) groups is 2.